The van der Waals surface area contributed by atoms with Gasteiger partial charge in [0.2, 0.25) is 0 Å². The maximum atomic E-state index is 10.4. The number of carboxylic acid groups (broad SMARTS) is 1. The summed E-state index contributed by atoms with van der Waals surface area (Å²) < 4.78 is 5.32. The lowest BCUT2D eigenvalue weighted by Crippen LogP contribution is -2.29. The van der Waals surface area contributed by atoms with Crippen LogP contribution in [0.5, 0.6) is 0 Å². The van der Waals surface area contributed by atoms with Crippen molar-refractivity contribution in [1.82, 2.24) is 5.32 Å². The first-order valence-corrected chi connectivity index (χ1v) is 6.68. The molecule has 100 valence electrons. The van der Waals surface area contributed by atoms with E-state index in [4.69, 9.17) is 9.84 Å². The Labute approximate surface area is 104 Å². The zero-order chi connectivity index (χ0) is 12.5. The Kier molecular flexibility index (Phi) is 7.21. The minimum Gasteiger partial charge on any atom is -0.481 e. The van der Waals surface area contributed by atoms with Gasteiger partial charge in [0.15, 0.2) is 0 Å². The van der Waals surface area contributed by atoms with Gasteiger partial charge in [0, 0.05) is 19.6 Å². The summed E-state index contributed by atoms with van der Waals surface area (Å²) >= 11 is 0. The van der Waals surface area contributed by atoms with Crippen LogP contribution in [-0.4, -0.2) is 37.4 Å². The van der Waals surface area contributed by atoms with Crippen LogP contribution in [0.25, 0.3) is 0 Å². The number of rotatable bonds is 8. The predicted molar refractivity (Wildman–Crippen MR) is 67.1 cm³/mol. The first kappa shape index (κ1) is 14.5. The molecule has 0 radical (unpaired) electrons. The second-order valence-electron chi connectivity index (χ2n) is 5.09. The Morgan fingerprint density at radius 2 is 2.12 bits per heavy atom. The van der Waals surface area contributed by atoms with Gasteiger partial charge in [-0.3, -0.25) is 4.79 Å². The van der Waals surface area contributed by atoms with Gasteiger partial charge in [-0.2, -0.15) is 0 Å². The summed E-state index contributed by atoms with van der Waals surface area (Å²) in [5, 5.41) is 12.0. The maximum absolute atomic E-state index is 10.4. The molecule has 17 heavy (non-hydrogen) atoms. The van der Waals surface area contributed by atoms with E-state index in [2.05, 4.69) is 12.2 Å². The van der Waals surface area contributed by atoms with E-state index in [-0.39, 0.29) is 0 Å². The van der Waals surface area contributed by atoms with E-state index < -0.39 is 5.97 Å². The van der Waals surface area contributed by atoms with Crippen LogP contribution >= 0.6 is 0 Å². The molecule has 0 aromatic heterocycles. The highest BCUT2D eigenvalue weighted by Crippen LogP contribution is 2.13. The largest absolute Gasteiger partial charge is 0.481 e. The van der Waals surface area contributed by atoms with E-state index in [0.717, 1.165) is 45.1 Å². The molecule has 1 heterocycles. The second-order valence-corrected chi connectivity index (χ2v) is 5.09. The van der Waals surface area contributed by atoms with E-state index in [0.29, 0.717) is 12.3 Å². The monoisotopic (exact) mass is 243 g/mol. The van der Waals surface area contributed by atoms with Crippen molar-refractivity contribution >= 4 is 5.97 Å². The highest BCUT2D eigenvalue weighted by molar-refractivity contribution is 5.66. The van der Waals surface area contributed by atoms with Crippen molar-refractivity contribution in [1.29, 1.82) is 0 Å². The lowest BCUT2D eigenvalue weighted by atomic mass is 9.99. The van der Waals surface area contributed by atoms with E-state index >= 15 is 0 Å². The van der Waals surface area contributed by atoms with Gasteiger partial charge in [-0.05, 0) is 50.6 Å². The van der Waals surface area contributed by atoms with Crippen LogP contribution < -0.4 is 5.32 Å². The number of hydrogen-bond acceptors (Lipinski definition) is 3. The molecule has 0 aliphatic carbocycles. The molecule has 1 aliphatic heterocycles. The Morgan fingerprint density at radius 3 is 2.76 bits per heavy atom. The lowest BCUT2D eigenvalue weighted by molar-refractivity contribution is -0.137. The minimum absolute atomic E-state index is 0.293. The average Bonchev–Trinajstić information content (AvgIpc) is 2.33. The second kappa shape index (κ2) is 8.48. The molecule has 1 aliphatic rings. The molecule has 0 aromatic carbocycles. The fourth-order valence-corrected chi connectivity index (χ4v) is 2.12. The molecule has 2 N–H and O–H groups in total. The highest BCUT2D eigenvalue weighted by Gasteiger charge is 2.13. The molecule has 1 saturated heterocycles. The van der Waals surface area contributed by atoms with Crippen molar-refractivity contribution in [3.05, 3.63) is 0 Å². The molecule has 0 spiro atoms. The van der Waals surface area contributed by atoms with Crippen LogP contribution in [-0.2, 0) is 9.53 Å². The Balaban J connectivity index is 1.93. The molecular formula is C13H25NO3. The van der Waals surface area contributed by atoms with Gasteiger partial charge in [0.05, 0.1) is 0 Å². The van der Waals surface area contributed by atoms with Crippen molar-refractivity contribution in [2.45, 2.75) is 39.0 Å². The Hall–Kier alpha value is -0.610. The van der Waals surface area contributed by atoms with Gasteiger partial charge in [-0.1, -0.05) is 6.92 Å². The van der Waals surface area contributed by atoms with Crippen LogP contribution in [0.2, 0.25) is 0 Å². The summed E-state index contributed by atoms with van der Waals surface area (Å²) in [6, 6.07) is 0. The molecular weight excluding hydrogens is 218 g/mol. The summed E-state index contributed by atoms with van der Waals surface area (Å²) in [4.78, 5) is 10.4. The number of carbonyl (C=O) groups is 1. The van der Waals surface area contributed by atoms with E-state index in [1.165, 1.54) is 12.8 Å². The van der Waals surface area contributed by atoms with Crippen molar-refractivity contribution in [2.24, 2.45) is 11.8 Å². The standard InChI is InChI=1S/C13H25NO3/c1-11(2-3-13(15)16)4-7-14-10-12-5-8-17-9-6-12/h11-12,14H,2-10H2,1H3,(H,15,16). The number of nitrogens with one attached hydrogen (secondary N) is 1. The van der Waals surface area contributed by atoms with Crippen LogP contribution in [0.3, 0.4) is 0 Å². The Bertz CT molecular complexity index is 215. The smallest absolute Gasteiger partial charge is 0.303 e. The summed E-state index contributed by atoms with van der Waals surface area (Å²) in [6.07, 6.45) is 4.48. The molecule has 1 atom stereocenters. The van der Waals surface area contributed by atoms with Gasteiger partial charge in [0.25, 0.3) is 0 Å². The third-order valence-corrected chi connectivity index (χ3v) is 3.44. The van der Waals surface area contributed by atoms with Crippen LogP contribution in [0.15, 0.2) is 0 Å². The van der Waals surface area contributed by atoms with Crippen LogP contribution in [0, 0.1) is 11.8 Å². The molecule has 0 aromatic rings. The molecule has 4 nitrogen and oxygen atoms in total. The summed E-state index contributed by atoms with van der Waals surface area (Å²) in [6.45, 7) is 6.01. The fraction of sp³-hybridized carbons (Fsp3) is 0.923. The summed E-state index contributed by atoms with van der Waals surface area (Å²) in [5.41, 5.74) is 0. The number of hydrogen-bond donors (Lipinski definition) is 2. The van der Waals surface area contributed by atoms with Gasteiger partial charge in [-0.25, -0.2) is 0 Å². The Morgan fingerprint density at radius 1 is 1.41 bits per heavy atom. The third kappa shape index (κ3) is 7.34. The highest BCUT2D eigenvalue weighted by atomic mass is 16.5. The summed E-state index contributed by atoms with van der Waals surface area (Å²) in [5.74, 6) is 0.568. The maximum Gasteiger partial charge on any atom is 0.303 e. The molecule has 0 bridgehead atoms. The van der Waals surface area contributed by atoms with Crippen molar-refractivity contribution in [2.75, 3.05) is 26.3 Å². The number of carboxylic acids is 1. The molecule has 1 fully saturated rings. The van der Waals surface area contributed by atoms with Gasteiger partial charge in [0.1, 0.15) is 0 Å². The van der Waals surface area contributed by atoms with E-state index in [9.17, 15) is 4.79 Å². The topological polar surface area (TPSA) is 58.6 Å². The molecule has 1 unspecified atom stereocenters. The zero-order valence-corrected chi connectivity index (χ0v) is 10.8. The quantitative estimate of drug-likeness (QED) is 0.639. The minimum atomic E-state index is -0.688. The zero-order valence-electron chi connectivity index (χ0n) is 10.8. The van der Waals surface area contributed by atoms with Crippen LogP contribution in [0.4, 0.5) is 0 Å². The lowest BCUT2D eigenvalue weighted by Gasteiger charge is -2.22. The first-order valence-electron chi connectivity index (χ1n) is 6.68. The molecule has 0 amide bonds. The predicted octanol–water partition coefficient (Wildman–Crippen LogP) is 1.89. The fourth-order valence-electron chi connectivity index (χ4n) is 2.12. The third-order valence-electron chi connectivity index (χ3n) is 3.44. The van der Waals surface area contributed by atoms with Crippen LogP contribution in [0.1, 0.15) is 39.0 Å². The average molecular weight is 243 g/mol. The first-order chi connectivity index (χ1) is 8.18. The normalized spacial score (nSPS) is 19.1. The number of aliphatic carboxylic acids is 1. The summed E-state index contributed by atoms with van der Waals surface area (Å²) in [7, 11) is 0. The van der Waals surface area contributed by atoms with Gasteiger partial charge in [-0.15, -0.1) is 0 Å². The van der Waals surface area contributed by atoms with Crippen molar-refractivity contribution in [3.8, 4) is 0 Å². The molecule has 4 heteroatoms. The SMILES string of the molecule is CC(CCNCC1CCOCC1)CCC(=O)O. The van der Waals surface area contributed by atoms with Crippen molar-refractivity contribution < 1.29 is 14.6 Å². The van der Waals surface area contributed by atoms with Gasteiger partial charge >= 0.3 is 5.97 Å². The molecule has 0 saturated carbocycles. The molecule has 1 rings (SSSR count). The van der Waals surface area contributed by atoms with E-state index in [1.54, 1.807) is 0 Å². The van der Waals surface area contributed by atoms with Crippen molar-refractivity contribution in [3.63, 3.8) is 0 Å². The number of ether oxygens (including phenoxy) is 1. The van der Waals surface area contributed by atoms with Gasteiger partial charge < -0.3 is 15.2 Å². The van der Waals surface area contributed by atoms with E-state index in [1.807, 2.05) is 0 Å².